The van der Waals surface area contributed by atoms with Gasteiger partial charge in [-0.2, -0.15) is 0 Å². The van der Waals surface area contributed by atoms with E-state index < -0.39 is 5.97 Å². The minimum absolute atomic E-state index is 0.0600. The molecular formula is C22H17NO5. The molecule has 0 radical (unpaired) electrons. The zero-order chi connectivity index (χ0) is 19.3. The highest BCUT2D eigenvalue weighted by molar-refractivity contribution is 6.05. The Morgan fingerprint density at radius 3 is 2.71 bits per heavy atom. The SMILES string of the molecule is O=C(/C=C/c1ccco1)NCCC(=O)Oc1ccc2oc3ccccc3c2c1. The first-order valence-electron chi connectivity index (χ1n) is 8.80. The molecule has 0 unspecified atom stereocenters. The molecule has 0 saturated carbocycles. The fourth-order valence-electron chi connectivity index (χ4n) is 2.84. The summed E-state index contributed by atoms with van der Waals surface area (Å²) < 4.78 is 16.2. The number of ether oxygens (including phenoxy) is 1. The number of benzene rings is 2. The van der Waals surface area contributed by atoms with Crippen LogP contribution in [-0.2, 0) is 9.59 Å². The number of furan rings is 2. The molecule has 0 aliphatic carbocycles. The highest BCUT2D eigenvalue weighted by Crippen LogP contribution is 2.31. The number of carbonyl (C=O) groups is 2. The lowest BCUT2D eigenvalue weighted by atomic mass is 10.1. The Bertz CT molecular complexity index is 1150. The molecule has 2 aromatic carbocycles. The molecule has 0 fully saturated rings. The van der Waals surface area contributed by atoms with Crippen LogP contribution in [0, 0.1) is 0 Å². The summed E-state index contributed by atoms with van der Waals surface area (Å²) in [5.41, 5.74) is 1.52. The number of hydrogen-bond donors (Lipinski definition) is 1. The van der Waals surface area contributed by atoms with Gasteiger partial charge in [0.1, 0.15) is 22.7 Å². The Hall–Kier alpha value is -3.80. The Labute approximate surface area is 160 Å². The number of amides is 1. The third-order valence-corrected chi connectivity index (χ3v) is 4.15. The first-order valence-corrected chi connectivity index (χ1v) is 8.80. The molecule has 140 valence electrons. The van der Waals surface area contributed by atoms with Crippen LogP contribution < -0.4 is 10.1 Å². The number of nitrogens with one attached hydrogen (secondary N) is 1. The zero-order valence-electron chi connectivity index (χ0n) is 14.9. The van der Waals surface area contributed by atoms with Gasteiger partial charge in [-0.15, -0.1) is 0 Å². The highest BCUT2D eigenvalue weighted by Gasteiger charge is 2.10. The third kappa shape index (κ3) is 3.96. The summed E-state index contributed by atoms with van der Waals surface area (Å²) in [5.74, 6) is 0.280. The fourth-order valence-corrected chi connectivity index (χ4v) is 2.84. The van der Waals surface area contributed by atoms with E-state index in [0.29, 0.717) is 11.5 Å². The average molecular weight is 375 g/mol. The van der Waals surface area contributed by atoms with Crippen molar-refractivity contribution in [3.63, 3.8) is 0 Å². The van der Waals surface area contributed by atoms with Gasteiger partial charge in [-0.25, -0.2) is 0 Å². The van der Waals surface area contributed by atoms with Gasteiger partial charge >= 0.3 is 5.97 Å². The molecule has 2 heterocycles. The van der Waals surface area contributed by atoms with Crippen molar-refractivity contribution in [2.45, 2.75) is 6.42 Å². The lowest BCUT2D eigenvalue weighted by Crippen LogP contribution is -2.25. The van der Waals surface area contributed by atoms with Gasteiger partial charge in [-0.1, -0.05) is 18.2 Å². The summed E-state index contributed by atoms with van der Waals surface area (Å²) in [5, 5.41) is 4.48. The van der Waals surface area contributed by atoms with Crippen LogP contribution in [0.15, 0.2) is 75.8 Å². The lowest BCUT2D eigenvalue weighted by molar-refractivity contribution is -0.134. The number of rotatable bonds is 6. The Morgan fingerprint density at radius 1 is 1.00 bits per heavy atom. The van der Waals surface area contributed by atoms with E-state index in [1.54, 1.807) is 36.4 Å². The number of carbonyl (C=O) groups excluding carboxylic acids is 2. The maximum absolute atomic E-state index is 12.0. The highest BCUT2D eigenvalue weighted by atomic mass is 16.5. The summed E-state index contributed by atoms with van der Waals surface area (Å²) in [6, 6.07) is 16.4. The number of para-hydroxylation sites is 1. The van der Waals surface area contributed by atoms with Crippen LogP contribution in [0.1, 0.15) is 12.2 Å². The molecule has 0 spiro atoms. The molecule has 2 aromatic heterocycles. The van der Waals surface area contributed by atoms with E-state index in [9.17, 15) is 9.59 Å². The summed E-state index contributed by atoms with van der Waals surface area (Å²) in [7, 11) is 0. The lowest BCUT2D eigenvalue weighted by Gasteiger charge is -2.05. The molecule has 1 N–H and O–H groups in total. The first-order chi connectivity index (χ1) is 13.7. The second-order valence-electron chi connectivity index (χ2n) is 6.12. The van der Waals surface area contributed by atoms with Crippen molar-refractivity contribution in [2.24, 2.45) is 0 Å². The van der Waals surface area contributed by atoms with Gasteiger partial charge in [-0.05, 0) is 42.5 Å². The van der Waals surface area contributed by atoms with Crippen molar-refractivity contribution in [2.75, 3.05) is 6.54 Å². The van der Waals surface area contributed by atoms with Crippen molar-refractivity contribution < 1.29 is 23.2 Å². The minimum Gasteiger partial charge on any atom is -0.465 e. The maximum Gasteiger partial charge on any atom is 0.312 e. The van der Waals surface area contributed by atoms with E-state index in [0.717, 1.165) is 21.9 Å². The summed E-state index contributed by atoms with van der Waals surface area (Å²) in [6.07, 6.45) is 4.49. The molecule has 0 aliphatic heterocycles. The maximum atomic E-state index is 12.0. The Kier molecular flexibility index (Phi) is 4.93. The van der Waals surface area contributed by atoms with E-state index in [-0.39, 0.29) is 18.9 Å². The normalized spacial score (nSPS) is 11.3. The van der Waals surface area contributed by atoms with Gasteiger partial charge in [0, 0.05) is 23.4 Å². The van der Waals surface area contributed by atoms with Crippen molar-refractivity contribution in [1.82, 2.24) is 5.32 Å². The number of fused-ring (bicyclic) bond motifs is 3. The van der Waals surface area contributed by atoms with Gasteiger partial charge < -0.3 is 18.9 Å². The van der Waals surface area contributed by atoms with Crippen LogP contribution >= 0.6 is 0 Å². The van der Waals surface area contributed by atoms with Gasteiger partial charge in [0.05, 0.1) is 12.7 Å². The molecular weight excluding hydrogens is 358 g/mol. The predicted molar refractivity (Wildman–Crippen MR) is 105 cm³/mol. The van der Waals surface area contributed by atoms with Gasteiger partial charge in [0.15, 0.2) is 0 Å². The van der Waals surface area contributed by atoms with Gasteiger partial charge in [0.2, 0.25) is 5.91 Å². The quantitative estimate of drug-likeness (QED) is 0.309. The number of esters is 1. The minimum atomic E-state index is -0.428. The van der Waals surface area contributed by atoms with Crippen LogP contribution in [0.4, 0.5) is 0 Å². The second kappa shape index (κ2) is 7.84. The predicted octanol–water partition coefficient (Wildman–Crippen LogP) is 4.30. The van der Waals surface area contributed by atoms with E-state index in [4.69, 9.17) is 13.6 Å². The standard InChI is InChI=1S/C22H17NO5/c24-21(10-8-15-4-3-13-26-15)23-12-11-22(25)27-16-7-9-20-18(14-16)17-5-1-2-6-19(17)28-20/h1-10,13-14H,11-12H2,(H,23,24)/b10-8+. The largest absolute Gasteiger partial charge is 0.465 e. The molecule has 28 heavy (non-hydrogen) atoms. The van der Waals surface area contributed by atoms with E-state index in [1.165, 1.54) is 12.3 Å². The molecule has 0 bridgehead atoms. The Balaban J connectivity index is 1.32. The smallest absolute Gasteiger partial charge is 0.312 e. The second-order valence-corrected chi connectivity index (χ2v) is 6.12. The van der Waals surface area contributed by atoms with Crippen LogP contribution in [0.5, 0.6) is 5.75 Å². The molecule has 6 heteroatoms. The van der Waals surface area contributed by atoms with Crippen molar-refractivity contribution in [3.05, 3.63) is 72.7 Å². The monoisotopic (exact) mass is 375 g/mol. The Morgan fingerprint density at radius 2 is 1.86 bits per heavy atom. The van der Waals surface area contributed by atoms with Crippen molar-refractivity contribution in [1.29, 1.82) is 0 Å². The summed E-state index contributed by atoms with van der Waals surface area (Å²) in [4.78, 5) is 23.8. The van der Waals surface area contributed by atoms with E-state index in [1.807, 2.05) is 24.3 Å². The van der Waals surface area contributed by atoms with Crippen molar-refractivity contribution in [3.8, 4) is 5.75 Å². The molecule has 0 saturated heterocycles. The van der Waals surface area contributed by atoms with Crippen LogP contribution in [0.2, 0.25) is 0 Å². The number of hydrogen-bond acceptors (Lipinski definition) is 5. The molecule has 0 atom stereocenters. The van der Waals surface area contributed by atoms with E-state index >= 15 is 0 Å². The van der Waals surface area contributed by atoms with Crippen LogP contribution in [-0.4, -0.2) is 18.4 Å². The van der Waals surface area contributed by atoms with Crippen LogP contribution in [0.25, 0.3) is 28.0 Å². The fraction of sp³-hybridized carbons (Fsp3) is 0.0909. The van der Waals surface area contributed by atoms with Gasteiger partial charge in [0.25, 0.3) is 0 Å². The summed E-state index contributed by atoms with van der Waals surface area (Å²) in [6.45, 7) is 0.178. The third-order valence-electron chi connectivity index (χ3n) is 4.15. The molecule has 0 aliphatic rings. The molecule has 4 aromatic rings. The topological polar surface area (TPSA) is 81.7 Å². The van der Waals surface area contributed by atoms with Crippen molar-refractivity contribution >= 4 is 39.9 Å². The molecule has 1 amide bonds. The molecule has 4 rings (SSSR count). The first kappa shape index (κ1) is 17.6. The average Bonchev–Trinajstić information content (AvgIpc) is 3.34. The van der Waals surface area contributed by atoms with Crippen LogP contribution in [0.3, 0.4) is 0 Å². The molecule has 6 nitrogen and oxygen atoms in total. The zero-order valence-corrected chi connectivity index (χ0v) is 14.9. The van der Waals surface area contributed by atoms with E-state index in [2.05, 4.69) is 5.32 Å². The summed E-state index contributed by atoms with van der Waals surface area (Å²) >= 11 is 0. The van der Waals surface area contributed by atoms with Gasteiger partial charge in [-0.3, -0.25) is 9.59 Å².